The van der Waals surface area contributed by atoms with Gasteiger partial charge in [0.2, 0.25) is 11.8 Å². The standard InChI is InChI=1S/C31H29Cl3FN3O4/c1-30(2,3)14-23-31(19-11-8-15(32)12-22(19)37-29(31)41)24(18-6-5-7-20(33)25(18)35)26(38-23)27(39)36-16-9-10-17(21(34)13-16)28(40)42-4/h5-13,23-24,26,38H,14H2,1-4H3,(H,36,39)(H,37,41). The molecule has 0 saturated carbocycles. The van der Waals surface area contributed by atoms with E-state index < -0.39 is 41.1 Å². The van der Waals surface area contributed by atoms with Crippen LogP contribution in [-0.2, 0) is 19.7 Å². The quantitative estimate of drug-likeness (QED) is 0.264. The Morgan fingerprint density at radius 3 is 2.45 bits per heavy atom. The summed E-state index contributed by atoms with van der Waals surface area (Å²) < 4.78 is 20.6. The third-order valence-electron chi connectivity index (χ3n) is 7.86. The zero-order valence-electron chi connectivity index (χ0n) is 23.3. The molecule has 11 heteroatoms. The Balaban J connectivity index is 1.67. The highest BCUT2D eigenvalue weighted by Gasteiger charge is 2.66. The number of carbonyl (C=O) groups is 3. The van der Waals surface area contributed by atoms with Crippen molar-refractivity contribution in [2.24, 2.45) is 5.41 Å². The van der Waals surface area contributed by atoms with Crippen molar-refractivity contribution in [3.8, 4) is 0 Å². The highest BCUT2D eigenvalue weighted by atomic mass is 35.5. The van der Waals surface area contributed by atoms with Gasteiger partial charge in [0.1, 0.15) is 11.2 Å². The van der Waals surface area contributed by atoms with Crippen LogP contribution in [0.1, 0.15) is 54.6 Å². The van der Waals surface area contributed by atoms with E-state index in [1.807, 2.05) is 20.8 Å². The topological polar surface area (TPSA) is 96.5 Å². The van der Waals surface area contributed by atoms with Gasteiger partial charge in [0.15, 0.2) is 0 Å². The first-order chi connectivity index (χ1) is 19.8. The maximum Gasteiger partial charge on any atom is 0.339 e. The Morgan fingerprint density at radius 2 is 1.79 bits per heavy atom. The lowest BCUT2D eigenvalue weighted by molar-refractivity contribution is -0.122. The molecule has 220 valence electrons. The highest BCUT2D eigenvalue weighted by molar-refractivity contribution is 6.34. The first-order valence-corrected chi connectivity index (χ1v) is 14.4. The van der Waals surface area contributed by atoms with Crippen molar-refractivity contribution in [3.63, 3.8) is 0 Å². The van der Waals surface area contributed by atoms with E-state index in [2.05, 4.69) is 16.0 Å². The minimum Gasteiger partial charge on any atom is -0.465 e. The van der Waals surface area contributed by atoms with Crippen LogP contribution in [-0.4, -0.2) is 37.0 Å². The molecule has 2 aliphatic rings. The Bertz CT molecular complexity index is 1610. The van der Waals surface area contributed by atoms with Crippen molar-refractivity contribution >= 4 is 64.0 Å². The summed E-state index contributed by atoms with van der Waals surface area (Å²) in [7, 11) is 1.24. The van der Waals surface area contributed by atoms with Crippen LogP contribution in [0.25, 0.3) is 0 Å². The summed E-state index contributed by atoms with van der Waals surface area (Å²) in [6.07, 6.45) is 0.477. The van der Waals surface area contributed by atoms with Gasteiger partial charge in [-0.3, -0.25) is 9.59 Å². The number of hydrogen-bond donors (Lipinski definition) is 3. The summed E-state index contributed by atoms with van der Waals surface area (Å²) in [5.41, 5.74) is 0.0327. The second kappa shape index (κ2) is 11.2. The molecule has 0 aromatic heterocycles. The molecule has 2 aliphatic heterocycles. The van der Waals surface area contributed by atoms with Crippen molar-refractivity contribution in [3.05, 3.63) is 92.2 Å². The summed E-state index contributed by atoms with van der Waals surface area (Å²) in [4.78, 5) is 40.3. The van der Waals surface area contributed by atoms with Crippen LogP contribution < -0.4 is 16.0 Å². The van der Waals surface area contributed by atoms with E-state index in [1.54, 1.807) is 30.3 Å². The molecule has 3 aromatic carbocycles. The Labute approximate surface area is 258 Å². The van der Waals surface area contributed by atoms with Gasteiger partial charge in [0.25, 0.3) is 0 Å². The second-order valence-electron chi connectivity index (χ2n) is 11.8. The van der Waals surface area contributed by atoms with Crippen LogP contribution >= 0.6 is 34.8 Å². The molecule has 3 aromatic rings. The van der Waals surface area contributed by atoms with Crippen LogP contribution in [0, 0.1) is 11.2 Å². The number of halogens is 4. The first kappa shape index (κ1) is 30.3. The molecule has 2 amide bonds. The fraction of sp³-hybridized carbons (Fsp3) is 0.323. The molecule has 7 nitrogen and oxygen atoms in total. The summed E-state index contributed by atoms with van der Waals surface area (Å²) in [6.45, 7) is 6.10. The summed E-state index contributed by atoms with van der Waals surface area (Å²) in [6, 6.07) is 12.4. The monoisotopic (exact) mass is 631 g/mol. The van der Waals surface area contributed by atoms with E-state index in [0.717, 1.165) is 0 Å². The van der Waals surface area contributed by atoms with Gasteiger partial charge in [-0.2, -0.15) is 0 Å². The normalized spacial score (nSPS) is 23.0. The summed E-state index contributed by atoms with van der Waals surface area (Å²) in [5, 5.41) is 9.58. The third kappa shape index (κ3) is 5.15. The zero-order chi connectivity index (χ0) is 30.6. The molecule has 3 N–H and O–H groups in total. The van der Waals surface area contributed by atoms with Gasteiger partial charge >= 0.3 is 5.97 Å². The maximum atomic E-state index is 15.9. The molecular weight excluding hydrogens is 604 g/mol. The third-order valence-corrected chi connectivity index (χ3v) is 8.70. The molecule has 42 heavy (non-hydrogen) atoms. The van der Waals surface area contributed by atoms with Crippen molar-refractivity contribution in [1.82, 2.24) is 5.32 Å². The lowest BCUT2D eigenvalue weighted by Gasteiger charge is -2.37. The van der Waals surface area contributed by atoms with Crippen molar-refractivity contribution in [2.45, 2.75) is 50.6 Å². The molecule has 1 saturated heterocycles. The molecule has 0 radical (unpaired) electrons. The fourth-order valence-electron chi connectivity index (χ4n) is 6.24. The van der Waals surface area contributed by atoms with E-state index in [4.69, 9.17) is 39.5 Å². The molecule has 1 fully saturated rings. The number of nitrogens with one attached hydrogen (secondary N) is 3. The van der Waals surface area contributed by atoms with Gasteiger partial charge in [-0.25, -0.2) is 9.18 Å². The zero-order valence-corrected chi connectivity index (χ0v) is 25.5. The molecule has 2 heterocycles. The van der Waals surface area contributed by atoms with Gasteiger partial charge < -0.3 is 20.7 Å². The maximum absolute atomic E-state index is 15.9. The van der Waals surface area contributed by atoms with Crippen LogP contribution in [0.2, 0.25) is 15.1 Å². The SMILES string of the molecule is COC(=O)c1ccc(NC(=O)C2NC(CC(C)(C)C)C3(C(=O)Nc4cc(Cl)ccc43)C2c2cccc(Cl)c2F)cc1Cl. The number of rotatable bonds is 5. The summed E-state index contributed by atoms with van der Waals surface area (Å²) >= 11 is 18.8. The van der Waals surface area contributed by atoms with Crippen LogP contribution in [0.5, 0.6) is 0 Å². The number of anilines is 2. The number of carbonyl (C=O) groups excluding carboxylic acids is 3. The van der Waals surface area contributed by atoms with E-state index in [1.165, 1.54) is 31.4 Å². The number of hydrogen-bond acceptors (Lipinski definition) is 5. The number of methoxy groups -OCH3 is 1. The minimum atomic E-state index is -1.38. The molecule has 5 rings (SSSR count). The number of amides is 2. The molecular formula is C31H29Cl3FN3O4. The number of esters is 1. The van der Waals surface area contributed by atoms with E-state index in [-0.39, 0.29) is 32.5 Å². The van der Waals surface area contributed by atoms with E-state index in [9.17, 15) is 14.4 Å². The Hall–Kier alpha value is -3.17. The van der Waals surface area contributed by atoms with Gasteiger partial charge in [0.05, 0.1) is 28.8 Å². The van der Waals surface area contributed by atoms with Crippen LogP contribution in [0.4, 0.5) is 15.8 Å². The van der Waals surface area contributed by atoms with Gasteiger partial charge in [0, 0.05) is 28.4 Å². The summed E-state index contributed by atoms with van der Waals surface area (Å²) in [5.74, 6) is -3.22. The van der Waals surface area contributed by atoms with Crippen molar-refractivity contribution < 1.29 is 23.5 Å². The fourth-order valence-corrected chi connectivity index (χ4v) is 6.85. The molecule has 0 bridgehead atoms. The van der Waals surface area contributed by atoms with E-state index >= 15 is 4.39 Å². The van der Waals surface area contributed by atoms with Crippen molar-refractivity contribution in [1.29, 1.82) is 0 Å². The average molecular weight is 633 g/mol. The lowest BCUT2D eigenvalue weighted by atomic mass is 9.62. The minimum absolute atomic E-state index is 0.0829. The van der Waals surface area contributed by atoms with Crippen molar-refractivity contribution in [2.75, 3.05) is 17.7 Å². The lowest BCUT2D eigenvalue weighted by Crippen LogP contribution is -2.49. The number of fused-ring (bicyclic) bond motifs is 2. The number of benzene rings is 3. The van der Waals surface area contributed by atoms with Crippen LogP contribution in [0.3, 0.4) is 0 Å². The van der Waals surface area contributed by atoms with Gasteiger partial charge in [-0.05, 0) is 59.4 Å². The molecule has 1 spiro atoms. The average Bonchev–Trinajstić information content (AvgIpc) is 3.38. The molecule has 4 unspecified atom stereocenters. The Kier molecular flexibility index (Phi) is 8.04. The predicted molar refractivity (Wildman–Crippen MR) is 162 cm³/mol. The smallest absolute Gasteiger partial charge is 0.339 e. The Morgan fingerprint density at radius 1 is 1.05 bits per heavy atom. The first-order valence-electron chi connectivity index (χ1n) is 13.3. The largest absolute Gasteiger partial charge is 0.465 e. The van der Waals surface area contributed by atoms with Gasteiger partial charge in [-0.1, -0.05) is 73.8 Å². The van der Waals surface area contributed by atoms with Crippen LogP contribution in [0.15, 0.2) is 54.6 Å². The molecule has 4 atom stereocenters. The second-order valence-corrected chi connectivity index (χ2v) is 13.0. The number of ether oxygens (including phenoxy) is 1. The predicted octanol–water partition coefficient (Wildman–Crippen LogP) is 6.96. The molecule has 0 aliphatic carbocycles. The van der Waals surface area contributed by atoms with E-state index in [0.29, 0.717) is 28.4 Å². The van der Waals surface area contributed by atoms with Gasteiger partial charge in [-0.15, -0.1) is 0 Å². The highest BCUT2D eigenvalue weighted by Crippen LogP contribution is 2.57.